The summed E-state index contributed by atoms with van der Waals surface area (Å²) in [5.41, 5.74) is 3.66. The minimum absolute atomic E-state index is 0.224. The summed E-state index contributed by atoms with van der Waals surface area (Å²) >= 11 is 0. The lowest BCUT2D eigenvalue weighted by molar-refractivity contribution is -0.111. The van der Waals surface area contributed by atoms with E-state index in [4.69, 9.17) is 0 Å². The van der Waals surface area contributed by atoms with Crippen molar-refractivity contribution in [2.45, 2.75) is 13.5 Å². The third kappa shape index (κ3) is 5.38. The molecule has 0 saturated heterocycles. The highest BCUT2D eigenvalue weighted by Gasteiger charge is 2.08. The zero-order valence-electron chi connectivity index (χ0n) is 15.6. The maximum atomic E-state index is 12.4. The van der Waals surface area contributed by atoms with E-state index in [1.807, 2.05) is 55.5 Å². The van der Waals surface area contributed by atoms with Gasteiger partial charge < -0.3 is 10.6 Å². The molecule has 0 bridgehead atoms. The monoisotopic (exact) mass is 371 g/mol. The fourth-order valence-electron chi connectivity index (χ4n) is 2.67. The standard InChI is InChI=1S/C23H21N3O2/c1-17(18-8-3-2-4-9-18)14-22(27)26-20-12-7-10-19(15-20)23(28)25-16-21-11-5-6-13-24-21/h2-15H,16H2,1H3,(H,25,28)(H,26,27). The maximum absolute atomic E-state index is 12.4. The van der Waals surface area contributed by atoms with Crippen molar-refractivity contribution in [2.24, 2.45) is 0 Å². The number of benzene rings is 2. The first-order valence-corrected chi connectivity index (χ1v) is 8.95. The quantitative estimate of drug-likeness (QED) is 0.642. The van der Waals surface area contributed by atoms with E-state index in [0.29, 0.717) is 17.8 Å². The van der Waals surface area contributed by atoms with Crippen molar-refractivity contribution in [3.8, 4) is 0 Å². The zero-order valence-corrected chi connectivity index (χ0v) is 15.6. The Morgan fingerprint density at radius 1 is 0.929 bits per heavy atom. The number of anilines is 1. The van der Waals surface area contributed by atoms with Crippen LogP contribution in [-0.2, 0) is 11.3 Å². The number of aromatic nitrogens is 1. The first kappa shape index (κ1) is 19.0. The maximum Gasteiger partial charge on any atom is 0.251 e. The van der Waals surface area contributed by atoms with Gasteiger partial charge in [-0.05, 0) is 48.4 Å². The number of hydrogen-bond donors (Lipinski definition) is 2. The molecule has 0 saturated carbocycles. The Kier molecular flexibility index (Phi) is 6.31. The van der Waals surface area contributed by atoms with Gasteiger partial charge in [0.2, 0.25) is 5.91 Å². The number of pyridine rings is 1. The van der Waals surface area contributed by atoms with E-state index in [0.717, 1.165) is 16.8 Å². The smallest absolute Gasteiger partial charge is 0.251 e. The number of nitrogens with one attached hydrogen (secondary N) is 2. The number of amides is 2. The van der Waals surface area contributed by atoms with Gasteiger partial charge in [-0.2, -0.15) is 0 Å². The topological polar surface area (TPSA) is 71.1 Å². The fourth-order valence-corrected chi connectivity index (χ4v) is 2.67. The Morgan fingerprint density at radius 2 is 1.68 bits per heavy atom. The molecule has 1 heterocycles. The van der Waals surface area contributed by atoms with Crippen LogP contribution in [0.25, 0.3) is 5.57 Å². The Hall–Kier alpha value is -3.73. The molecule has 0 aliphatic carbocycles. The number of rotatable bonds is 6. The molecule has 1 aromatic heterocycles. The van der Waals surface area contributed by atoms with Gasteiger partial charge in [0.1, 0.15) is 0 Å². The van der Waals surface area contributed by atoms with E-state index in [1.54, 1.807) is 36.5 Å². The number of carbonyl (C=O) groups excluding carboxylic acids is 2. The Balaban J connectivity index is 1.62. The predicted molar refractivity (Wildman–Crippen MR) is 111 cm³/mol. The third-order valence-electron chi connectivity index (χ3n) is 4.13. The van der Waals surface area contributed by atoms with Crippen LogP contribution in [0.3, 0.4) is 0 Å². The van der Waals surface area contributed by atoms with Crippen LogP contribution in [0.15, 0.2) is 85.1 Å². The minimum atomic E-state index is -0.243. The molecule has 3 aromatic rings. The third-order valence-corrected chi connectivity index (χ3v) is 4.13. The van der Waals surface area contributed by atoms with E-state index >= 15 is 0 Å². The van der Waals surface area contributed by atoms with E-state index in [9.17, 15) is 9.59 Å². The summed E-state index contributed by atoms with van der Waals surface area (Å²) in [5, 5.41) is 5.63. The average molecular weight is 371 g/mol. The van der Waals surface area contributed by atoms with Crippen LogP contribution >= 0.6 is 0 Å². The van der Waals surface area contributed by atoms with Gasteiger partial charge in [-0.15, -0.1) is 0 Å². The van der Waals surface area contributed by atoms with Crippen LogP contribution in [-0.4, -0.2) is 16.8 Å². The molecule has 0 fully saturated rings. The van der Waals surface area contributed by atoms with Gasteiger partial charge in [0.05, 0.1) is 12.2 Å². The molecule has 2 amide bonds. The predicted octanol–water partition coefficient (Wildman–Crippen LogP) is 4.05. The van der Waals surface area contributed by atoms with Gasteiger partial charge in [0.25, 0.3) is 5.91 Å². The Morgan fingerprint density at radius 3 is 2.43 bits per heavy atom. The van der Waals surface area contributed by atoms with Gasteiger partial charge in [0.15, 0.2) is 0 Å². The van der Waals surface area contributed by atoms with Crippen LogP contribution in [0.4, 0.5) is 5.69 Å². The molecular weight excluding hydrogens is 350 g/mol. The van der Waals surface area contributed by atoms with Crippen LogP contribution in [0.5, 0.6) is 0 Å². The number of hydrogen-bond acceptors (Lipinski definition) is 3. The first-order valence-electron chi connectivity index (χ1n) is 8.95. The second-order valence-electron chi connectivity index (χ2n) is 6.27. The number of nitrogens with zero attached hydrogens (tertiary/aromatic N) is 1. The molecule has 0 radical (unpaired) electrons. The van der Waals surface area contributed by atoms with Crippen molar-refractivity contribution in [3.63, 3.8) is 0 Å². The second kappa shape index (κ2) is 9.28. The molecular formula is C23H21N3O2. The molecule has 5 nitrogen and oxygen atoms in total. The van der Waals surface area contributed by atoms with Crippen molar-refractivity contribution < 1.29 is 9.59 Å². The van der Waals surface area contributed by atoms with Gasteiger partial charge in [-0.25, -0.2) is 0 Å². The molecule has 3 rings (SSSR count). The second-order valence-corrected chi connectivity index (χ2v) is 6.27. The van der Waals surface area contributed by atoms with Crippen LogP contribution in [0.2, 0.25) is 0 Å². The highest BCUT2D eigenvalue weighted by molar-refractivity contribution is 6.04. The van der Waals surface area contributed by atoms with Gasteiger partial charge in [-0.1, -0.05) is 42.5 Å². The molecule has 2 N–H and O–H groups in total. The molecule has 0 aliphatic heterocycles. The van der Waals surface area contributed by atoms with Crippen molar-refractivity contribution >= 4 is 23.1 Å². The van der Waals surface area contributed by atoms with Crippen molar-refractivity contribution in [1.82, 2.24) is 10.3 Å². The van der Waals surface area contributed by atoms with Crippen molar-refractivity contribution in [1.29, 1.82) is 0 Å². The summed E-state index contributed by atoms with van der Waals surface area (Å²) in [5.74, 6) is -0.467. The van der Waals surface area contributed by atoms with E-state index < -0.39 is 0 Å². The average Bonchev–Trinajstić information content (AvgIpc) is 2.73. The molecule has 0 unspecified atom stereocenters. The van der Waals surface area contributed by atoms with E-state index in [2.05, 4.69) is 15.6 Å². The minimum Gasteiger partial charge on any atom is -0.346 e. The molecule has 2 aromatic carbocycles. The number of carbonyl (C=O) groups is 2. The molecule has 5 heteroatoms. The lowest BCUT2D eigenvalue weighted by Gasteiger charge is -2.08. The summed E-state index contributed by atoms with van der Waals surface area (Å²) < 4.78 is 0. The first-order chi connectivity index (χ1) is 13.6. The van der Waals surface area contributed by atoms with Crippen LogP contribution in [0.1, 0.15) is 28.5 Å². The molecule has 0 spiro atoms. The van der Waals surface area contributed by atoms with Crippen LogP contribution < -0.4 is 10.6 Å². The van der Waals surface area contributed by atoms with Gasteiger partial charge in [0, 0.05) is 23.5 Å². The van der Waals surface area contributed by atoms with Gasteiger partial charge >= 0.3 is 0 Å². The van der Waals surface area contributed by atoms with Crippen LogP contribution in [0, 0.1) is 0 Å². The van der Waals surface area contributed by atoms with Crippen molar-refractivity contribution in [3.05, 3.63) is 102 Å². The van der Waals surface area contributed by atoms with E-state index in [-0.39, 0.29) is 11.8 Å². The van der Waals surface area contributed by atoms with Gasteiger partial charge in [-0.3, -0.25) is 14.6 Å². The number of allylic oxidation sites excluding steroid dienone is 1. The normalized spacial score (nSPS) is 11.0. The fraction of sp³-hybridized carbons (Fsp3) is 0.0870. The zero-order chi connectivity index (χ0) is 19.8. The summed E-state index contributed by atoms with van der Waals surface area (Å²) in [6.45, 7) is 2.23. The Labute approximate surface area is 164 Å². The lowest BCUT2D eigenvalue weighted by atomic mass is 10.1. The summed E-state index contributed by atoms with van der Waals surface area (Å²) in [4.78, 5) is 28.8. The SMILES string of the molecule is CC(=CC(=O)Nc1cccc(C(=O)NCc2ccccn2)c1)c1ccccc1. The summed E-state index contributed by atoms with van der Waals surface area (Å²) in [6, 6.07) is 22.1. The van der Waals surface area contributed by atoms with Crippen molar-refractivity contribution in [2.75, 3.05) is 5.32 Å². The highest BCUT2D eigenvalue weighted by atomic mass is 16.2. The molecule has 0 atom stereocenters. The largest absolute Gasteiger partial charge is 0.346 e. The molecule has 0 aliphatic rings. The Bertz CT molecular complexity index is 983. The molecule has 140 valence electrons. The lowest BCUT2D eigenvalue weighted by Crippen LogP contribution is -2.23. The molecule has 28 heavy (non-hydrogen) atoms. The van der Waals surface area contributed by atoms with E-state index in [1.165, 1.54) is 0 Å². The summed E-state index contributed by atoms with van der Waals surface area (Å²) in [6.07, 6.45) is 3.23. The highest BCUT2D eigenvalue weighted by Crippen LogP contribution is 2.15. The summed E-state index contributed by atoms with van der Waals surface area (Å²) in [7, 11) is 0.